The molecule has 0 spiro atoms. The lowest BCUT2D eigenvalue weighted by molar-refractivity contribution is -0.143. The third-order valence-electron chi connectivity index (χ3n) is 4.14. The number of nitrogens with one attached hydrogen (secondary N) is 1. The number of hydrogen-bond donors (Lipinski definition) is 1. The van der Waals surface area contributed by atoms with Crippen molar-refractivity contribution in [3.8, 4) is 0 Å². The number of alkyl carbamates (subject to hydrolysis) is 1. The molecule has 3 aromatic rings. The summed E-state index contributed by atoms with van der Waals surface area (Å²) in [7, 11) is 1.29. The van der Waals surface area contributed by atoms with Crippen molar-refractivity contribution in [3.05, 3.63) is 78.1 Å². The Labute approximate surface area is 157 Å². The fourth-order valence-electron chi connectivity index (χ4n) is 2.74. The van der Waals surface area contributed by atoms with E-state index in [0.717, 1.165) is 21.9 Å². The number of fused-ring (bicyclic) bond motifs is 1. The molecular formula is C21H20N2O4. The molecule has 1 heterocycles. The minimum atomic E-state index is -0.836. The van der Waals surface area contributed by atoms with Crippen LogP contribution in [0.2, 0.25) is 0 Å². The molecule has 0 saturated carbocycles. The molecule has 0 fully saturated rings. The number of nitrogens with zero attached hydrogens (tertiary/aromatic N) is 1. The number of benzene rings is 2. The Hall–Kier alpha value is -3.41. The van der Waals surface area contributed by atoms with Gasteiger partial charge in [0.25, 0.3) is 0 Å². The molecule has 1 amide bonds. The van der Waals surface area contributed by atoms with Gasteiger partial charge in [-0.2, -0.15) is 0 Å². The maximum absolute atomic E-state index is 12.1. The Bertz CT molecular complexity index is 928. The first kappa shape index (κ1) is 18.4. The second kappa shape index (κ2) is 8.80. The molecule has 1 N–H and O–H groups in total. The molecule has 1 atom stereocenters. The molecule has 138 valence electrons. The molecule has 0 unspecified atom stereocenters. The highest BCUT2D eigenvalue weighted by Gasteiger charge is 2.23. The quantitative estimate of drug-likeness (QED) is 0.680. The van der Waals surface area contributed by atoms with Gasteiger partial charge in [0.1, 0.15) is 12.6 Å². The molecule has 3 rings (SSSR count). The number of carbonyl (C=O) groups excluding carboxylic acids is 2. The van der Waals surface area contributed by atoms with E-state index in [-0.39, 0.29) is 6.61 Å². The number of aromatic nitrogens is 1. The summed E-state index contributed by atoms with van der Waals surface area (Å²) >= 11 is 0. The minimum absolute atomic E-state index is 0.129. The van der Waals surface area contributed by atoms with E-state index in [2.05, 4.69) is 10.3 Å². The minimum Gasteiger partial charge on any atom is -0.467 e. The van der Waals surface area contributed by atoms with Crippen molar-refractivity contribution in [2.24, 2.45) is 0 Å². The van der Waals surface area contributed by atoms with Gasteiger partial charge in [0.05, 0.1) is 7.11 Å². The predicted octanol–water partition coefficient (Wildman–Crippen LogP) is 3.25. The highest BCUT2D eigenvalue weighted by molar-refractivity contribution is 5.84. The molecule has 0 aliphatic rings. The highest BCUT2D eigenvalue weighted by Crippen LogP contribution is 2.16. The first-order valence-electron chi connectivity index (χ1n) is 8.53. The monoisotopic (exact) mass is 364 g/mol. The molecule has 0 aliphatic carbocycles. The van der Waals surface area contributed by atoms with Gasteiger partial charge >= 0.3 is 12.1 Å². The van der Waals surface area contributed by atoms with Crippen LogP contribution < -0.4 is 5.32 Å². The smallest absolute Gasteiger partial charge is 0.408 e. The van der Waals surface area contributed by atoms with Crippen molar-refractivity contribution in [1.29, 1.82) is 0 Å². The number of pyridine rings is 1. The lowest BCUT2D eigenvalue weighted by atomic mass is 10.0. The summed E-state index contributed by atoms with van der Waals surface area (Å²) < 4.78 is 10.0. The normalized spacial score (nSPS) is 11.6. The van der Waals surface area contributed by atoms with Gasteiger partial charge in [-0.25, -0.2) is 9.59 Å². The van der Waals surface area contributed by atoms with E-state index in [1.807, 2.05) is 54.6 Å². The van der Waals surface area contributed by atoms with Crippen molar-refractivity contribution in [3.63, 3.8) is 0 Å². The van der Waals surface area contributed by atoms with E-state index in [9.17, 15) is 9.59 Å². The van der Waals surface area contributed by atoms with E-state index in [0.29, 0.717) is 6.42 Å². The van der Waals surface area contributed by atoms with E-state index >= 15 is 0 Å². The molecule has 6 heteroatoms. The van der Waals surface area contributed by atoms with Crippen LogP contribution in [0.15, 0.2) is 67.0 Å². The molecule has 2 aromatic carbocycles. The van der Waals surface area contributed by atoms with Crippen molar-refractivity contribution >= 4 is 22.8 Å². The van der Waals surface area contributed by atoms with E-state index in [1.165, 1.54) is 7.11 Å². The van der Waals surface area contributed by atoms with Gasteiger partial charge in [0.2, 0.25) is 0 Å². The zero-order valence-corrected chi connectivity index (χ0v) is 14.9. The Morgan fingerprint density at radius 1 is 1.04 bits per heavy atom. The maximum atomic E-state index is 12.1. The van der Waals surface area contributed by atoms with E-state index in [4.69, 9.17) is 9.47 Å². The van der Waals surface area contributed by atoms with Crippen LogP contribution in [0.25, 0.3) is 10.8 Å². The summed E-state index contributed by atoms with van der Waals surface area (Å²) in [6.45, 7) is 0.129. The van der Waals surface area contributed by atoms with E-state index < -0.39 is 18.1 Å². The summed E-state index contributed by atoms with van der Waals surface area (Å²) in [5.74, 6) is -0.526. The zero-order chi connectivity index (χ0) is 19.1. The van der Waals surface area contributed by atoms with Gasteiger partial charge in [-0.15, -0.1) is 0 Å². The topological polar surface area (TPSA) is 77.5 Å². The molecule has 0 aliphatic heterocycles. The highest BCUT2D eigenvalue weighted by atomic mass is 16.6. The van der Waals surface area contributed by atoms with Gasteiger partial charge in [-0.1, -0.05) is 48.5 Å². The lowest BCUT2D eigenvalue weighted by Gasteiger charge is -2.17. The average Bonchev–Trinajstić information content (AvgIpc) is 2.72. The Morgan fingerprint density at radius 2 is 1.85 bits per heavy atom. The van der Waals surface area contributed by atoms with E-state index in [1.54, 1.807) is 12.4 Å². The van der Waals surface area contributed by atoms with Gasteiger partial charge in [0.15, 0.2) is 0 Å². The van der Waals surface area contributed by atoms with Crippen LogP contribution in [-0.2, 0) is 27.3 Å². The van der Waals surface area contributed by atoms with Crippen LogP contribution in [0.3, 0.4) is 0 Å². The average molecular weight is 364 g/mol. The second-order valence-corrected chi connectivity index (χ2v) is 6.04. The molecule has 1 aromatic heterocycles. The number of ether oxygens (including phenoxy) is 2. The first-order valence-corrected chi connectivity index (χ1v) is 8.53. The Kier molecular flexibility index (Phi) is 5.99. The summed E-state index contributed by atoms with van der Waals surface area (Å²) in [5.41, 5.74) is 1.76. The summed E-state index contributed by atoms with van der Waals surface area (Å²) in [6.07, 6.45) is 3.11. The van der Waals surface area contributed by atoms with Crippen LogP contribution >= 0.6 is 0 Å². The molecule has 0 radical (unpaired) electrons. The second-order valence-electron chi connectivity index (χ2n) is 6.04. The van der Waals surface area contributed by atoms with Crippen LogP contribution in [-0.4, -0.2) is 30.2 Å². The standard InChI is InChI=1S/C21H20N2O4/c1-26-20(24)19(23-21(25)27-14-15-5-3-2-4-6-15)12-16-7-8-18-13-22-10-9-17(18)11-16/h2-11,13,19H,12,14H2,1H3,(H,23,25)/t19-/m0/s1. The van der Waals surface area contributed by atoms with Crippen molar-refractivity contribution in [2.75, 3.05) is 7.11 Å². The number of amides is 1. The number of carbonyl (C=O) groups is 2. The van der Waals surface area contributed by atoms with Crippen LogP contribution in [0.4, 0.5) is 4.79 Å². The van der Waals surface area contributed by atoms with Crippen LogP contribution in [0, 0.1) is 0 Å². The molecule has 27 heavy (non-hydrogen) atoms. The van der Waals surface area contributed by atoms with Crippen molar-refractivity contribution in [1.82, 2.24) is 10.3 Å². The van der Waals surface area contributed by atoms with Crippen molar-refractivity contribution < 1.29 is 19.1 Å². The molecule has 6 nitrogen and oxygen atoms in total. The summed E-state index contributed by atoms with van der Waals surface area (Å²) in [4.78, 5) is 28.3. The summed E-state index contributed by atoms with van der Waals surface area (Å²) in [5, 5.41) is 4.60. The number of rotatable bonds is 6. The van der Waals surface area contributed by atoms with Gasteiger partial charge in [0, 0.05) is 24.2 Å². The Balaban J connectivity index is 1.65. The molecular weight excluding hydrogens is 344 g/mol. The fraction of sp³-hybridized carbons (Fsp3) is 0.190. The largest absolute Gasteiger partial charge is 0.467 e. The number of methoxy groups -OCH3 is 1. The predicted molar refractivity (Wildman–Crippen MR) is 101 cm³/mol. The summed E-state index contributed by atoms with van der Waals surface area (Å²) in [6, 6.07) is 16.2. The van der Waals surface area contributed by atoms with Crippen LogP contribution in [0.5, 0.6) is 0 Å². The van der Waals surface area contributed by atoms with Crippen LogP contribution in [0.1, 0.15) is 11.1 Å². The number of esters is 1. The number of hydrogen-bond acceptors (Lipinski definition) is 5. The van der Waals surface area contributed by atoms with Gasteiger partial charge < -0.3 is 14.8 Å². The lowest BCUT2D eigenvalue weighted by Crippen LogP contribution is -2.43. The SMILES string of the molecule is COC(=O)[C@H](Cc1ccc2cnccc2c1)NC(=O)OCc1ccccc1. The Morgan fingerprint density at radius 3 is 2.63 bits per heavy atom. The fourth-order valence-corrected chi connectivity index (χ4v) is 2.74. The first-order chi connectivity index (χ1) is 13.2. The molecule has 0 bridgehead atoms. The third-order valence-corrected chi connectivity index (χ3v) is 4.14. The van der Waals surface area contributed by atoms with Gasteiger partial charge in [-0.3, -0.25) is 4.98 Å². The van der Waals surface area contributed by atoms with Crippen molar-refractivity contribution in [2.45, 2.75) is 19.1 Å². The van der Waals surface area contributed by atoms with Gasteiger partial charge in [-0.05, 0) is 22.6 Å². The maximum Gasteiger partial charge on any atom is 0.408 e. The molecule has 0 saturated heterocycles. The third kappa shape index (κ3) is 5.04. The zero-order valence-electron chi connectivity index (χ0n) is 14.9.